The van der Waals surface area contributed by atoms with Crippen LogP contribution in [0.1, 0.15) is 24.0 Å². The highest BCUT2D eigenvalue weighted by molar-refractivity contribution is 5.94. The van der Waals surface area contributed by atoms with Crippen molar-refractivity contribution < 1.29 is 4.79 Å². The van der Waals surface area contributed by atoms with E-state index < -0.39 is 0 Å². The summed E-state index contributed by atoms with van der Waals surface area (Å²) >= 11 is 0. The van der Waals surface area contributed by atoms with Crippen molar-refractivity contribution in [3.05, 3.63) is 108 Å². The minimum atomic E-state index is -0.279. The van der Waals surface area contributed by atoms with Crippen molar-refractivity contribution in [1.82, 2.24) is 0 Å². The van der Waals surface area contributed by atoms with Crippen LogP contribution in [0.5, 0.6) is 0 Å². The van der Waals surface area contributed by atoms with Crippen molar-refractivity contribution >= 4 is 27.3 Å². The van der Waals surface area contributed by atoms with Gasteiger partial charge in [-0.3, -0.25) is 4.79 Å². The smallest absolute Gasteiger partial charge is 0.155 e. The van der Waals surface area contributed by atoms with Gasteiger partial charge in [0.05, 0.1) is 0 Å². The van der Waals surface area contributed by atoms with E-state index in [1.54, 1.807) is 6.08 Å². The lowest BCUT2D eigenvalue weighted by Gasteiger charge is -2.35. The zero-order chi connectivity index (χ0) is 18.3. The highest BCUT2D eigenvalue weighted by atomic mass is 16.1. The molecule has 0 bridgehead atoms. The van der Waals surface area contributed by atoms with Gasteiger partial charge in [-0.15, -0.1) is 0 Å². The fourth-order valence-corrected chi connectivity index (χ4v) is 4.42. The van der Waals surface area contributed by atoms with Crippen LogP contribution in [-0.4, -0.2) is 5.78 Å². The molecule has 0 saturated heterocycles. The number of ketones is 1. The van der Waals surface area contributed by atoms with E-state index >= 15 is 0 Å². The second-order valence-electron chi connectivity index (χ2n) is 7.36. The van der Waals surface area contributed by atoms with Crippen LogP contribution in [0.3, 0.4) is 0 Å². The van der Waals surface area contributed by atoms with Gasteiger partial charge in [-0.05, 0) is 51.2 Å². The molecule has 1 aliphatic rings. The van der Waals surface area contributed by atoms with Crippen LogP contribution in [0.4, 0.5) is 0 Å². The molecule has 0 aliphatic heterocycles. The van der Waals surface area contributed by atoms with E-state index in [1.807, 2.05) is 0 Å². The molecule has 0 aromatic heterocycles. The van der Waals surface area contributed by atoms with Crippen molar-refractivity contribution in [3.8, 4) is 0 Å². The Morgan fingerprint density at radius 1 is 0.704 bits per heavy atom. The summed E-state index contributed by atoms with van der Waals surface area (Å²) in [6, 6.07) is 30.2. The van der Waals surface area contributed by atoms with Gasteiger partial charge < -0.3 is 0 Å². The standard InChI is InChI=1S/C26H20O/c27-23-14-16-26(17-15-23,22-13-12-19-6-1-2-8-21(19)18-22)25-11-5-9-20-7-3-4-10-24(20)25/h1-14,16,18H,15,17H2. The molecule has 0 saturated carbocycles. The molecule has 1 unspecified atom stereocenters. The minimum absolute atomic E-state index is 0.214. The van der Waals surface area contributed by atoms with E-state index in [9.17, 15) is 4.79 Å². The first-order valence-corrected chi connectivity index (χ1v) is 9.46. The number of allylic oxidation sites excluding steroid dienone is 2. The monoisotopic (exact) mass is 348 g/mol. The molecule has 27 heavy (non-hydrogen) atoms. The van der Waals surface area contributed by atoms with Gasteiger partial charge in [0.1, 0.15) is 0 Å². The van der Waals surface area contributed by atoms with E-state index in [1.165, 1.54) is 32.7 Å². The lowest BCUT2D eigenvalue weighted by molar-refractivity contribution is -0.115. The summed E-state index contributed by atoms with van der Waals surface area (Å²) in [4.78, 5) is 12.0. The van der Waals surface area contributed by atoms with Crippen molar-refractivity contribution in [3.63, 3.8) is 0 Å². The van der Waals surface area contributed by atoms with Gasteiger partial charge in [0.15, 0.2) is 5.78 Å². The SMILES string of the molecule is O=C1C=CC(c2ccc3ccccc3c2)(c2cccc3ccccc23)CC1. The zero-order valence-corrected chi connectivity index (χ0v) is 15.1. The number of fused-ring (bicyclic) bond motifs is 2. The summed E-state index contributed by atoms with van der Waals surface area (Å²) in [5.41, 5.74) is 2.25. The Bertz CT molecular complexity index is 1200. The van der Waals surface area contributed by atoms with Gasteiger partial charge in [0, 0.05) is 11.8 Å². The Balaban J connectivity index is 1.82. The largest absolute Gasteiger partial charge is 0.295 e. The summed E-state index contributed by atoms with van der Waals surface area (Å²) in [6.45, 7) is 0. The van der Waals surface area contributed by atoms with Gasteiger partial charge in [0.25, 0.3) is 0 Å². The van der Waals surface area contributed by atoms with Gasteiger partial charge in [-0.25, -0.2) is 0 Å². The molecule has 0 fully saturated rings. The van der Waals surface area contributed by atoms with E-state index in [0.717, 1.165) is 6.42 Å². The Morgan fingerprint density at radius 3 is 2.26 bits per heavy atom. The maximum Gasteiger partial charge on any atom is 0.155 e. The van der Waals surface area contributed by atoms with Gasteiger partial charge in [-0.1, -0.05) is 84.9 Å². The van der Waals surface area contributed by atoms with Crippen molar-refractivity contribution in [2.45, 2.75) is 18.3 Å². The highest BCUT2D eigenvalue weighted by Crippen LogP contribution is 2.44. The predicted molar refractivity (Wildman–Crippen MR) is 112 cm³/mol. The second-order valence-corrected chi connectivity index (χ2v) is 7.36. The van der Waals surface area contributed by atoms with Crippen LogP contribution in [-0.2, 0) is 10.2 Å². The molecule has 1 aliphatic carbocycles. The molecular formula is C26H20O. The fourth-order valence-electron chi connectivity index (χ4n) is 4.42. The van der Waals surface area contributed by atoms with Crippen LogP contribution < -0.4 is 0 Å². The normalized spacial score (nSPS) is 19.6. The van der Waals surface area contributed by atoms with Crippen LogP contribution in [0.25, 0.3) is 21.5 Å². The van der Waals surface area contributed by atoms with E-state index in [-0.39, 0.29) is 11.2 Å². The highest BCUT2D eigenvalue weighted by Gasteiger charge is 2.35. The van der Waals surface area contributed by atoms with E-state index in [0.29, 0.717) is 6.42 Å². The maximum absolute atomic E-state index is 12.0. The van der Waals surface area contributed by atoms with Crippen molar-refractivity contribution in [2.75, 3.05) is 0 Å². The van der Waals surface area contributed by atoms with Gasteiger partial charge in [0.2, 0.25) is 0 Å². The predicted octanol–water partition coefficient (Wildman–Crippen LogP) is 6.20. The Kier molecular flexibility index (Phi) is 3.68. The molecule has 1 atom stereocenters. The summed E-state index contributed by atoms with van der Waals surface area (Å²) < 4.78 is 0. The average molecular weight is 348 g/mol. The Labute approximate surface area is 159 Å². The third kappa shape index (κ3) is 2.59. The number of rotatable bonds is 2. The minimum Gasteiger partial charge on any atom is -0.295 e. The van der Waals surface area contributed by atoms with Crippen LogP contribution >= 0.6 is 0 Å². The average Bonchev–Trinajstić information content (AvgIpc) is 2.74. The van der Waals surface area contributed by atoms with Crippen LogP contribution in [0.2, 0.25) is 0 Å². The summed E-state index contributed by atoms with van der Waals surface area (Å²) in [6.07, 6.45) is 5.28. The molecule has 4 aromatic rings. The third-order valence-electron chi connectivity index (χ3n) is 5.85. The van der Waals surface area contributed by atoms with Crippen molar-refractivity contribution in [2.24, 2.45) is 0 Å². The quantitative estimate of drug-likeness (QED) is 0.421. The molecule has 4 aromatic carbocycles. The first-order chi connectivity index (χ1) is 13.3. The van der Waals surface area contributed by atoms with E-state index in [2.05, 4.69) is 91.0 Å². The molecule has 1 heteroatoms. The summed E-state index contributed by atoms with van der Waals surface area (Å²) in [5, 5.41) is 4.97. The van der Waals surface area contributed by atoms with E-state index in [4.69, 9.17) is 0 Å². The number of hydrogen-bond acceptors (Lipinski definition) is 1. The number of carbonyl (C=O) groups excluding carboxylic acids is 1. The zero-order valence-electron chi connectivity index (χ0n) is 15.1. The number of benzene rings is 4. The fraction of sp³-hybridized carbons (Fsp3) is 0.115. The third-order valence-corrected chi connectivity index (χ3v) is 5.85. The maximum atomic E-state index is 12.0. The van der Waals surface area contributed by atoms with Gasteiger partial charge in [-0.2, -0.15) is 0 Å². The lowest BCUT2D eigenvalue weighted by atomic mass is 9.67. The molecule has 0 heterocycles. The topological polar surface area (TPSA) is 17.1 Å². The Morgan fingerprint density at radius 2 is 1.44 bits per heavy atom. The Hall–Kier alpha value is -3.19. The lowest BCUT2D eigenvalue weighted by Crippen LogP contribution is -2.29. The number of hydrogen-bond donors (Lipinski definition) is 0. The molecule has 5 rings (SSSR count). The molecular weight excluding hydrogens is 328 g/mol. The molecule has 1 nitrogen and oxygen atoms in total. The second kappa shape index (κ2) is 6.21. The van der Waals surface area contributed by atoms with Gasteiger partial charge >= 0.3 is 0 Å². The summed E-state index contributed by atoms with van der Waals surface area (Å²) in [5.74, 6) is 0.214. The van der Waals surface area contributed by atoms with Crippen LogP contribution in [0, 0.1) is 0 Å². The number of carbonyl (C=O) groups is 1. The van der Waals surface area contributed by atoms with Crippen molar-refractivity contribution in [1.29, 1.82) is 0 Å². The molecule has 0 N–H and O–H groups in total. The molecule has 0 radical (unpaired) electrons. The molecule has 0 amide bonds. The van der Waals surface area contributed by atoms with Crippen LogP contribution in [0.15, 0.2) is 97.1 Å². The first-order valence-electron chi connectivity index (χ1n) is 9.46. The first kappa shape index (κ1) is 16.0. The molecule has 130 valence electrons. The molecule has 0 spiro atoms. The summed E-state index contributed by atoms with van der Waals surface area (Å²) in [7, 11) is 0.